The van der Waals surface area contributed by atoms with Crippen LogP contribution in [0.5, 0.6) is 0 Å². The van der Waals surface area contributed by atoms with E-state index in [-0.39, 0.29) is 40.8 Å². The maximum Gasteiger partial charge on any atom is 0.261 e. The van der Waals surface area contributed by atoms with Crippen molar-refractivity contribution in [1.29, 1.82) is 5.26 Å². The van der Waals surface area contributed by atoms with Crippen molar-refractivity contribution in [2.45, 2.75) is 56.5 Å². The highest BCUT2D eigenvalue weighted by atomic mass is 32.2. The topological polar surface area (TPSA) is 119 Å². The number of hydrogen-bond acceptors (Lipinski definition) is 6. The van der Waals surface area contributed by atoms with Crippen LogP contribution in [0.15, 0.2) is 46.7 Å². The summed E-state index contributed by atoms with van der Waals surface area (Å²) in [5.74, 6) is -0.325. The predicted octanol–water partition coefficient (Wildman–Crippen LogP) is 3.12. The van der Waals surface area contributed by atoms with Gasteiger partial charge >= 0.3 is 0 Å². The molecule has 0 radical (unpaired) electrons. The van der Waals surface area contributed by atoms with Crippen molar-refractivity contribution in [3.63, 3.8) is 0 Å². The Hall–Kier alpha value is -2.74. The third-order valence-corrected chi connectivity index (χ3v) is 8.56. The molecule has 0 saturated carbocycles. The van der Waals surface area contributed by atoms with E-state index in [9.17, 15) is 23.3 Å². The first-order valence-corrected chi connectivity index (χ1v) is 13.7. The van der Waals surface area contributed by atoms with Crippen LogP contribution in [-0.2, 0) is 14.8 Å². The number of hydrogen-bond donors (Lipinski definition) is 2. The molecule has 2 amide bonds. The molecule has 8 nitrogen and oxygen atoms in total. The van der Waals surface area contributed by atoms with Gasteiger partial charge in [0.25, 0.3) is 5.91 Å². The molecule has 0 bridgehead atoms. The second-order valence-corrected chi connectivity index (χ2v) is 11.6. The van der Waals surface area contributed by atoms with Crippen molar-refractivity contribution in [1.82, 2.24) is 14.9 Å². The van der Waals surface area contributed by atoms with Crippen molar-refractivity contribution in [2.24, 2.45) is 5.92 Å². The molecule has 1 unspecified atom stereocenters. The van der Waals surface area contributed by atoms with Gasteiger partial charge in [0.15, 0.2) is 0 Å². The van der Waals surface area contributed by atoms with Crippen LogP contribution in [-0.4, -0.2) is 49.7 Å². The van der Waals surface area contributed by atoms with Crippen LogP contribution in [0, 0.1) is 17.2 Å². The summed E-state index contributed by atoms with van der Waals surface area (Å²) >= 11 is 1.32. The molecule has 1 aromatic carbocycles. The minimum Gasteiger partial charge on any atom is -0.352 e. The molecule has 1 aliphatic rings. The normalized spacial score (nSPS) is 18.0. The lowest BCUT2D eigenvalue weighted by Gasteiger charge is -2.24. The number of nitriles is 1. The molecule has 34 heavy (non-hydrogen) atoms. The zero-order valence-corrected chi connectivity index (χ0v) is 21.0. The summed E-state index contributed by atoms with van der Waals surface area (Å²) in [6, 6.07) is 10.8. The number of nitrogens with one attached hydrogen (secondary N) is 2. The second-order valence-electron chi connectivity index (χ2n) is 8.78. The van der Waals surface area contributed by atoms with Crippen LogP contribution in [0.4, 0.5) is 0 Å². The summed E-state index contributed by atoms with van der Waals surface area (Å²) in [5.41, 5.74) is 0.120. The Kier molecular flexibility index (Phi) is 8.83. The van der Waals surface area contributed by atoms with E-state index in [0.717, 1.165) is 0 Å². The fraction of sp³-hybridized carbons (Fsp3) is 0.458. The first-order valence-electron chi connectivity index (χ1n) is 11.4. The predicted molar refractivity (Wildman–Crippen MR) is 131 cm³/mol. The van der Waals surface area contributed by atoms with Crippen molar-refractivity contribution < 1.29 is 18.0 Å². The van der Waals surface area contributed by atoms with Crippen LogP contribution < -0.4 is 10.6 Å². The molecular weight excluding hydrogens is 472 g/mol. The summed E-state index contributed by atoms with van der Waals surface area (Å²) in [6.07, 6.45) is 2.16. The van der Waals surface area contributed by atoms with Crippen molar-refractivity contribution in [3.05, 3.63) is 52.2 Å². The van der Waals surface area contributed by atoms with Crippen LogP contribution in [0.1, 0.15) is 54.8 Å². The summed E-state index contributed by atoms with van der Waals surface area (Å²) in [4.78, 5) is 26.1. The van der Waals surface area contributed by atoms with Crippen molar-refractivity contribution in [3.8, 4) is 6.07 Å². The second kappa shape index (κ2) is 11.6. The van der Waals surface area contributed by atoms with Gasteiger partial charge in [0.1, 0.15) is 12.1 Å². The highest BCUT2D eigenvalue weighted by Crippen LogP contribution is 2.23. The molecule has 182 valence electrons. The molecule has 2 aromatic rings. The molecule has 10 heteroatoms. The monoisotopic (exact) mass is 502 g/mol. The van der Waals surface area contributed by atoms with Gasteiger partial charge in [-0.15, -0.1) is 11.3 Å². The standard InChI is InChI=1S/C24H30N4O4S2/c1-17(2)15-20(27-24(30)21-9-6-14-33-21)23(29)26-19-8-5-12-28(13-11-19)34(31,32)22-10-4-3-7-18(22)16-25/h3-4,6-7,9-10,14,17,19-20H,5,8,11-13,15H2,1-2H3,(H,26,29)(H,27,30)/t19?,20-/m0/s1. The lowest BCUT2D eigenvalue weighted by atomic mass is 10.0. The van der Waals surface area contributed by atoms with Crippen LogP contribution in [0.3, 0.4) is 0 Å². The van der Waals surface area contributed by atoms with E-state index in [1.54, 1.807) is 24.3 Å². The number of benzene rings is 1. The van der Waals surface area contributed by atoms with Gasteiger partial charge < -0.3 is 10.6 Å². The van der Waals surface area contributed by atoms with Gasteiger partial charge in [0.05, 0.1) is 15.3 Å². The van der Waals surface area contributed by atoms with Crippen LogP contribution >= 0.6 is 11.3 Å². The zero-order valence-electron chi connectivity index (χ0n) is 19.4. The molecule has 1 aromatic heterocycles. The third-order valence-electron chi connectivity index (χ3n) is 5.73. The van der Waals surface area contributed by atoms with E-state index in [1.165, 1.54) is 27.8 Å². The Bertz CT molecular complexity index is 1140. The molecule has 0 spiro atoms. The lowest BCUT2D eigenvalue weighted by Crippen LogP contribution is -2.50. The number of sulfonamides is 1. The molecule has 1 aliphatic heterocycles. The van der Waals surface area contributed by atoms with E-state index in [4.69, 9.17) is 0 Å². The average Bonchev–Trinajstić information content (AvgIpc) is 3.25. The van der Waals surface area contributed by atoms with E-state index in [2.05, 4.69) is 10.6 Å². The molecule has 1 fully saturated rings. The molecule has 2 heterocycles. The first kappa shape index (κ1) is 25.9. The Balaban J connectivity index is 1.65. The molecule has 0 aliphatic carbocycles. The quantitative estimate of drug-likeness (QED) is 0.575. The van der Waals surface area contributed by atoms with E-state index < -0.39 is 16.1 Å². The fourth-order valence-corrected chi connectivity index (χ4v) is 6.28. The number of carbonyl (C=O) groups is 2. The summed E-state index contributed by atoms with van der Waals surface area (Å²) in [5, 5.41) is 17.0. The smallest absolute Gasteiger partial charge is 0.261 e. The van der Waals surface area contributed by atoms with Gasteiger partial charge in [0, 0.05) is 19.1 Å². The number of carbonyl (C=O) groups excluding carboxylic acids is 2. The Labute approximate surface area is 205 Å². The number of nitrogens with zero attached hydrogens (tertiary/aromatic N) is 2. The first-order chi connectivity index (χ1) is 16.2. The largest absolute Gasteiger partial charge is 0.352 e. The van der Waals surface area contributed by atoms with E-state index in [0.29, 0.717) is 37.1 Å². The van der Waals surface area contributed by atoms with Gasteiger partial charge in [-0.3, -0.25) is 9.59 Å². The summed E-state index contributed by atoms with van der Waals surface area (Å²) in [6.45, 7) is 4.54. The van der Waals surface area contributed by atoms with Gasteiger partial charge in [0.2, 0.25) is 15.9 Å². The summed E-state index contributed by atoms with van der Waals surface area (Å²) < 4.78 is 27.7. The maximum atomic E-state index is 13.2. The zero-order chi connectivity index (χ0) is 24.7. The van der Waals surface area contributed by atoms with Crippen LogP contribution in [0.2, 0.25) is 0 Å². The number of amides is 2. The molecule has 2 atom stereocenters. The lowest BCUT2D eigenvalue weighted by molar-refractivity contribution is -0.124. The Morgan fingerprint density at radius 3 is 2.62 bits per heavy atom. The van der Waals surface area contributed by atoms with Crippen LogP contribution in [0.25, 0.3) is 0 Å². The average molecular weight is 503 g/mol. The third kappa shape index (κ3) is 6.44. The van der Waals surface area contributed by atoms with Gasteiger partial charge in [-0.1, -0.05) is 32.0 Å². The van der Waals surface area contributed by atoms with Gasteiger partial charge in [-0.2, -0.15) is 9.57 Å². The minimum atomic E-state index is -3.81. The molecular formula is C24H30N4O4S2. The van der Waals surface area contributed by atoms with E-state index >= 15 is 0 Å². The van der Waals surface area contributed by atoms with Gasteiger partial charge in [-0.05, 0) is 55.2 Å². The number of thiophene rings is 1. The molecule has 1 saturated heterocycles. The maximum absolute atomic E-state index is 13.2. The van der Waals surface area contributed by atoms with Crippen molar-refractivity contribution >= 4 is 33.2 Å². The molecule has 3 rings (SSSR count). The van der Waals surface area contributed by atoms with Gasteiger partial charge in [-0.25, -0.2) is 8.42 Å². The highest BCUT2D eigenvalue weighted by molar-refractivity contribution is 7.89. The summed E-state index contributed by atoms with van der Waals surface area (Å²) in [7, 11) is -3.81. The molecule has 2 N–H and O–H groups in total. The Morgan fingerprint density at radius 2 is 1.94 bits per heavy atom. The minimum absolute atomic E-state index is 0.00766. The SMILES string of the molecule is CC(C)C[C@H](NC(=O)c1cccs1)C(=O)NC1CCCN(S(=O)(=O)c2ccccc2C#N)CC1. The highest BCUT2D eigenvalue weighted by Gasteiger charge is 2.31. The fourth-order valence-electron chi connectivity index (χ4n) is 4.02. The Morgan fingerprint density at radius 1 is 1.18 bits per heavy atom. The van der Waals surface area contributed by atoms with Crippen molar-refractivity contribution in [2.75, 3.05) is 13.1 Å². The van der Waals surface area contributed by atoms with E-state index in [1.807, 2.05) is 25.3 Å². The number of rotatable bonds is 8.